The zero-order valence-electron chi connectivity index (χ0n) is 9.12. The standard InChI is InChI=1S/C11H20N2O/c1-8-6-9(2)13(11(8)14)7-10-4-3-5-12-10/h8-10,12H,3-7H2,1-2H3/t8?,9?,10-/m0/s1. The fraction of sp³-hybridized carbons (Fsp3) is 0.909. The van der Waals surface area contributed by atoms with Gasteiger partial charge in [0.1, 0.15) is 0 Å². The Morgan fingerprint density at radius 2 is 2.29 bits per heavy atom. The molecule has 3 atom stereocenters. The summed E-state index contributed by atoms with van der Waals surface area (Å²) in [6.45, 7) is 6.25. The fourth-order valence-corrected chi connectivity index (χ4v) is 2.66. The summed E-state index contributed by atoms with van der Waals surface area (Å²) in [6, 6.07) is 0.992. The van der Waals surface area contributed by atoms with Gasteiger partial charge in [-0.2, -0.15) is 0 Å². The molecule has 0 aromatic rings. The number of carbonyl (C=O) groups is 1. The first kappa shape index (κ1) is 9.97. The number of amides is 1. The van der Waals surface area contributed by atoms with E-state index in [1.807, 2.05) is 6.92 Å². The van der Waals surface area contributed by atoms with E-state index in [4.69, 9.17) is 0 Å². The van der Waals surface area contributed by atoms with Gasteiger partial charge < -0.3 is 10.2 Å². The van der Waals surface area contributed by atoms with Gasteiger partial charge in [0.05, 0.1) is 0 Å². The minimum atomic E-state index is 0.242. The van der Waals surface area contributed by atoms with Crippen LogP contribution in [0.5, 0.6) is 0 Å². The molecule has 0 aliphatic carbocycles. The van der Waals surface area contributed by atoms with Gasteiger partial charge in [-0.3, -0.25) is 4.79 Å². The van der Waals surface area contributed by atoms with Crippen LogP contribution in [0.25, 0.3) is 0 Å². The van der Waals surface area contributed by atoms with Gasteiger partial charge in [-0.05, 0) is 32.7 Å². The number of hydrogen-bond donors (Lipinski definition) is 1. The Hall–Kier alpha value is -0.570. The van der Waals surface area contributed by atoms with E-state index in [2.05, 4.69) is 17.1 Å². The van der Waals surface area contributed by atoms with E-state index in [1.165, 1.54) is 12.8 Å². The Kier molecular flexibility index (Phi) is 2.77. The number of nitrogens with zero attached hydrogens (tertiary/aromatic N) is 1. The van der Waals surface area contributed by atoms with E-state index in [-0.39, 0.29) is 5.92 Å². The lowest BCUT2D eigenvalue weighted by Gasteiger charge is -2.25. The van der Waals surface area contributed by atoms with Crippen LogP contribution in [-0.4, -0.2) is 36.0 Å². The number of rotatable bonds is 2. The van der Waals surface area contributed by atoms with Crippen LogP contribution in [0.4, 0.5) is 0 Å². The molecule has 0 radical (unpaired) electrons. The van der Waals surface area contributed by atoms with Crippen LogP contribution in [0.1, 0.15) is 33.1 Å². The van der Waals surface area contributed by atoms with Gasteiger partial charge in [-0.25, -0.2) is 0 Å². The van der Waals surface area contributed by atoms with Gasteiger partial charge >= 0.3 is 0 Å². The highest BCUT2D eigenvalue weighted by atomic mass is 16.2. The highest BCUT2D eigenvalue weighted by Crippen LogP contribution is 2.24. The average Bonchev–Trinajstić information content (AvgIpc) is 2.71. The lowest BCUT2D eigenvalue weighted by atomic mass is 10.1. The normalized spacial score (nSPS) is 38.3. The molecule has 14 heavy (non-hydrogen) atoms. The summed E-state index contributed by atoms with van der Waals surface area (Å²) < 4.78 is 0. The van der Waals surface area contributed by atoms with E-state index in [1.54, 1.807) is 0 Å². The van der Waals surface area contributed by atoms with Crippen molar-refractivity contribution in [2.45, 2.75) is 45.2 Å². The van der Waals surface area contributed by atoms with Gasteiger partial charge in [-0.15, -0.1) is 0 Å². The zero-order valence-corrected chi connectivity index (χ0v) is 9.12. The summed E-state index contributed by atoms with van der Waals surface area (Å²) >= 11 is 0. The molecule has 3 heteroatoms. The van der Waals surface area contributed by atoms with Crippen molar-refractivity contribution in [2.24, 2.45) is 5.92 Å². The van der Waals surface area contributed by atoms with Crippen molar-refractivity contribution < 1.29 is 4.79 Å². The third kappa shape index (κ3) is 1.78. The third-order valence-corrected chi connectivity index (χ3v) is 3.51. The van der Waals surface area contributed by atoms with Gasteiger partial charge in [0.2, 0.25) is 5.91 Å². The molecular weight excluding hydrogens is 176 g/mol. The van der Waals surface area contributed by atoms with Crippen molar-refractivity contribution in [2.75, 3.05) is 13.1 Å². The molecule has 80 valence electrons. The summed E-state index contributed by atoms with van der Waals surface area (Å²) in [7, 11) is 0. The fourth-order valence-electron chi connectivity index (χ4n) is 2.66. The molecule has 0 spiro atoms. The monoisotopic (exact) mass is 196 g/mol. The lowest BCUT2D eigenvalue weighted by Crippen LogP contribution is -2.41. The van der Waals surface area contributed by atoms with Crippen molar-refractivity contribution in [3.8, 4) is 0 Å². The second-order valence-corrected chi connectivity index (χ2v) is 4.77. The molecule has 2 heterocycles. The highest BCUT2D eigenvalue weighted by Gasteiger charge is 2.35. The number of hydrogen-bond acceptors (Lipinski definition) is 2. The van der Waals surface area contributed by atoms with Gasteiger partial charge in [-0.1, -0.05) is 6.92 Å². The van der Waals surface area contributed by atoms with Crippen molar-refractivity contribution >= 4 is 5.91 Å². The van der Waals surface area contributed by atoms with Gasteiger partial charge in [0, 0.05) is 24.5 Å². The maximum Gasteiger partial charge on any atom is 0.225 e. The molecule has 2 saturated heterocycles. The van der Waals surface area contributed by atoms with Gasteiger partial charge in [0.15, 0.2) is 0 Å². The first-order valence-electron chi connectivity index (χ1n) is 5.72. The van der Waals surface area contributed by atoms with Crippen LogP contribution >= 0.6 is 0 Å². The molecule has 2 aliphatic heterocycles. The number of nitrogens with one attached hydrogen (secondary N) is 1. The molecule has 2 aliphatic rings. The second-order valence-electron chi connectivity index (χ2n) is 4.77. The highest BCUT2D eigenvalue weighted by molar-refractivity contribution is 5.81. The lowest BCUT2D eigenvalue weighted by molar-refractivity contribution is -0.131. The largest absolute Gasteiger partial charge is 0.338 e. The van der Waals surface area contributed by atoms with Crippen molar-refractivity contribution in [1.82, 2.24) is 10.2 Å². The Balaban J connectivity index is 1.92. The molecule has 0 aromatic carbocycles. The second kappa shape index (κ2) is 3.89. The van der Waals surface area contributed by atoms with Crippen LogP contribution in [0.2, 0.25) is 0 Å². The SMILES string of the molecule is CC1CC(C)N(C[C@@H]2CCCN2)C1=O. The Labute approximate surface area is 85.8 Å². The molecule has 1 N–H and O–H groups in total. The van der Waals surface area contributed by atoms with Crippen molar-refractivity contribution in [1.29, 1.82) is 0 Å². The minimum Gasteiger partial charge on any atom is -0.338 e. The Bertz CT molecular complexity index is 223. The summed E-state index contributed by atoms with van der Waals surface area (Å²) in [5.74, 6) is 0.595. The van der Waals surface area contributed by atoms with Crippen LogP contribution in [0.3, 0.4) is 0 Å². The van der Waals surface area contributed by atoms with E-state index >= 15 is 0 Å². The van der Waals surface area contributed by atoms with Crippen LogP contribution < -0.4 is 5.32 Å². The number of likely N-dealkylation sites (tertiary alicyclic amines) is 1. The quantitative estimate of drug-likeness (QED) is 0.714. The van der Waals surface area contributed by atoms with E-state index in [0.29, 0.717) is 18.0 Å². The molecule has 2 fully saturated rings. The van der Waals surface area contributed by atoms with Crippen molar-refractivity contribution in [3.63, 3.8) is 0 Å². The van der Waals surface area contributed by atoms with Crippen LogP contribution in [0, 0.1) is 5.92 Å². The zero-order chi connectivity index (χ0) is 10.1. The number of carbonyl (C=O) groups excluding carboxylic acids is 1. The van der Waals surface area contributed by atoms with Crippen LogP contribution in [0.15, 0.2) is 0 Å². The molecule has 2 unspecified atom stereocenters. The van der Waals surface area contributed by atoms with E-state index in [0.717, 1.165) is 19.5 Å². The molecule has 0 bridgehead atoms. The molecule has 3 nitrogen and oxygen atoms in total. The maximum atomic E-state index is 11.8. The molecule has 2 rings (SSSR count). The topological polar surface area (TPSA) is 32.3 Å². The molecule has 0 saturated carbocycles. The maximum absolute atomic E-state index is 11.8. The van der Waals surface area contributed by atoms with Crippen molar-refractivity contribution in [3.05, 3.63) is 0 Å². The van der Waals surface area contributed by atoms with E-state index in [9.17, 15) is 4.79 Å². The summed E-state index contributed by atoms with van der Waals surface area (Å²) in [5.41, 5.74) is 0. The summed E-state index contributed by atoms with van der Waals surface area (Å²) in [4.78, 5) is 13.9. The molecule has 1 amide bonds. The van der Waals surface area contributed by atoms with Gasteiger partial charge in [0.25, 0.3) is 0 Å². The Morgan fingerprint density at radius 3 is 2.79 bits per heavy atom. The molecular formula is C11H20N2O. The first-order chi connectivity index (χ1) is 6.68. The summed E-state index contributed by atoms with van der Waals surface area (Å²) in [5, 5.41) is 3.45. The van der Waals surface area contributed by atoms with E-state index < -0.39 is 0 Å². The predicted octanol–water partition coefficient (Wildman–Crippen LogP) is 0.995. The predicted molar refractivity (Wildman–Crippen MR) is 56.0 cm³/mol. The average molecular weight is 196 g/mol. The Morgan fingerprint density at radius 1 is 1.50 bits per heavy atom. The van der Waals surface area contributed by atoms with Crippen LogP contribution in [-0.2, 0) is 4.79 Å². The molecule has 0 aromatic heterocycles. The minimum absolute atomic E-state index is 0.242. The first-order valence-corrected chi connectivity index (χ1v) is 5.72. The third-order valence-electron chi connectivity index (χ3n) is 3.51. The summed E-state index contributed by atoms with van der Waals surface area (Å²) in [6.07, 6.45) is 3.52. The smallest absolute Gasteiger partial charge is 0.225 e.